The van der Waals surface area contributed by atoms with Crippen LogP contribution in [0.5, 0.6) is 11.5 Å². The number of hydrogen-bond acceptors (Lipinski definition) is 4. The first-order valence-corrected chi connectivity index (χ1v) is 10.5. The van der Waals surface area contributed by atoms with Gasteiger partial charge in [-0.05, 0) is 48.6 Å². The molecule has 0 aromatic heterocycles. The van der Waals surface area contributed by atoms with Crippen LogP contribution < -0.4 is 0 Å². The van der Waals surface area contributed by atoms with Gasteiger partial charge in [-0.1, -0.05) is 51.0 Å². The maximum atomic E-state index is 9.39. The van der Waals surface area contributed by atoms with Gasteiger partial charge in [0.05, 0.1) is 0 Å². The van der Waals surface area contributed by atoms with Gasteiger partial charge < -0.3 is 21.2 Å². The SMILES string of the molecule is CCCCSc1ccccc1O.CCCCSc1ccccc1O.O.O.[Co]. The number of aromatic hydroxyl groups is 2. The van der Waals surface area contributed by atoms with Crippen LogP contribution in [0, 0.1) is 0 Å². The van der Waals surface area contributed by atoms with Crippen molar-refractivity contribution in [3.63, 3.8) is 0 Å². The summed E-state index contributed by atoms with van der Waals surface area (Å²) in [5, 5.41) is 18.8. The van der Waals surface area contributed by atoms with Crippen molar-refractivity contribution >= 4 is 23.5 Å². The minimum absolute atomic E-state index is 0. The van der Waals surface area contributed by atoms with Crippen molar-refractivity contribution in [2.75, 3.05) is 11.5 Å². The molecule has 0 saturated heterocycles. The molecule has 1 radical (unpaired) electrons. The summed E-state index contributed by atoms with van der Waals surface area (Å²) in [6.07, 6.45) is 4.83. The zero-order valence-corrected chi connectivity index (χ0v) is 18.6. The van der Waals surface area contributed by atoms with Gasteiger partial charge >= 0.3 is 0 Å². The molecule has 0 spiro atoms. The third-order valence-corrected chi connectivity index (χ3v) is 5.54. The molecule has 2 rings (SSSR count). The van der Waals surface area contributed by atoms with E-state index in [0.29, 0.717) is 11.5 Å². The minimum Gasteiger partial charge on any atom is -0.507 e. The maximum Gasteiger partial charge on any atom is 0.129 e. The van der Waals surface area contributed by atoms with Crippen molar-refractivity contribution in [1.29, 1.82) is 0 Å². The molecule has 0 amide bonds. The topological polar surface area (TPSA) is 103 Å². The first-order valence-electron chi connectivity index (χ1n) is 8.50. The van der Waals surface area contributed by atoms with Crippen molar-refractivity contribution in [2.24, 2.45) is 0 Å². The van der Waals surface area contributed by atoms with E-state index in [0.717, 1.165) is 21.3 Å². The Morgan fingerprint density at radius 2 is 1.00 bits per heavy atom. The predicted octanol–water partition coefficient (Wildman–Crippen LogP) is 4.92. The number of phenols is 2. The molecule has 0 aliphatic heterocycles. The summed E-state index contributed by atoms with van der Waals surface area (Å²) < 4.78 is 0. The minimum atomic E-state index is 0. The summed E-state index contributed by atoms with van der Waals surface area (Å²) >= 11 is 3.44. The van der Waals surface area contributed by atoms with Crippen LogP contribution in [-0.2, 0) is 16.8 Å². The normalized spacial score (nSPS) is 8.96. The first kappa shape index (κ1) is 30.9. The van der Waals surface area contributed by atoms with E-state index >= 15 is 0 Å². The largest absolute Gasteiger partial charge is 0.507 e. The van der Waals surface area contributed by atoms with E-state index in [1.54, 1.807) is 35.7 Å². The molecule has 0 heterocycles. The molecule has 0 unspecified atom stereocenters. The Labute approximate surface area is 182 Å². The van der Waals surface area contributed by atoms with Crippen molar-refractivity contribution < 1.29 is 37.9 Å². The number of unbranched alkanes of at least 4 members (excludes halogenated alkanes) is 2. The molecular weight excluding hydrogens is 427 g/mol. The smallest absolute Gasteiger partial charge is 0.129 e. The molecule has 27 heavy (non-hydrogen) atoms. The van der Waals surface area contributed by atoms with Crippen molar-refractivity contribution in [1.82, 2.24) is 0 Å². The molecule has 2 aromatic rings. The van der Waals surface area contributed by atoms with Crippen LogP contribution in [0.15, 0.2) is 58.3 Å². The molecule has 0 atom stereocenters. The van der Waals surface area contributed by atoms with E-state index in [4.69, 9.17) is 0 Å². The maximum absolute atomic E-state index is 9.39. The van der Waals surface area contributed by atoms with E-state index < -0.39 is 0 Å². The van der Waals surface area contributed by atoms with Crippen LogP contribution in [0.1, 0.15) is 39.5 Å². The van der Waals surface area contributed by atoms with Gasteiger partial charge in [0.25, 0.3) is 0 Å². The Morgan fingerprint density at radius 3 is 1.30 bits per heavy atom. The predicted molar refractivity (Wildman–Crippen MR) is 115 cm³/mol. The van der Waals surface area contributed by atoms with Crippen LogP contribution in [0.2, 0.25) is 0 Å². The second-order valence-corrected chi connectivity index (χ2v) is 7.61. The molecule has 0 bridgehead atoms. The van der Waals surface area contributed by atoms with Crippen LogP contribution in [0.3, 0.4) is 0 Å². The standard InChI is InChI=1S/2C10H14OS.Co.2H2O/c2*1-2-3-8-12-10-7-5-4-6-9(10)11;;;/h2*4-7,11H,2-3,8H2,1H3;;2*1H2. The van der Waals surface area contributed by atoms with Gasteiger partial charge in [-0.25, -0.2) is 0 Å². The quantitative estimate of drug-likeness (QED) is 0.432. The van der Waals surface area contributed by atoms with E-state index in [1.807, 2.05) is 36.4 Å². The van der Waals surface area contributed by atoms with Crippen molar-refractivity contribution in [3.05, 3.63) is 48.5 Å². The number of phenolic OH excluding ortho intramolecular Hbond substituents is 2. The Hall–Kier alpha value is -0.834. The fourth-order valence-corrected chi connectivity index (χ4v) is 3.90. The van der Waals surface area contributed by atoms with Crippen LogP contribution in [0.4, 0.5) is 0 Å². The number of benzene rings is 2. The number of para-hydroxylation sites is 2. The van der Waals surface area contributed by atoms with Gasteiger partial charge in [-0.15, -0.1) is 23.5 Å². The van der Waals surface area contributed by atoms with Gasteiger partial charge in [0, 0.05) is 26.6 Å². The summed E-state index contributed by atoms with van der Waals surface area (Å²) in [7, 11) is 0. The van der Waals surface area contributed by atoms with Gasteiger partial charge in [0.15, 0.2) is 0 Å². The molecule has 0 saturated carbocycles. The Kier molecular flexibility index (Phi) is 22.8. The second kappa shape index (κ2) is 19.9. The van der Waals surface area contributed by atoms with E-state index in [9.17, 15) is 10.2 Å². The molecule has 0 aliphatic carbocycles. The fraction of sp³-hybridized carbons (Fsp3) is 0.400. The van der Waals surface area contributed by atoms with Crippen LogP contribution in [-0.4, -0.2) is 32.7 Å². The fourth-order valence-electron chi connectivity index (χ4n) is 1.81. The molecule has 2 aromatic carbocycles. The Balaban J connectivity index is -0.000000384. The van der Waals surface area contributed by atoms with Crippen molar-refractivity contribution in [2.45, 2.75) is 49.3 Å². The molecule has 0 fully saturated rings. The number of rotatable bonds is 8. The summed E-state index contributed by atoms with van der Waals surface area (Å²) in [4.78, 5) is 1.98. The Morgan fingerprint density at radius 1 is 0.667 bits per heavy atom. The molecule has 4 nitrogen and oxygen atoms in total. The van der Waals surface area contributed by atoms with E-state index in [1.165, 1.54) is 25.7 Å². The van der Waals surface area contributed by atoms with E-state index in [2.05, 4.69) is 13.8 Å². The molecule has 7 heteroatoms. The molecule has 0 aliphatic rings. The number of hydrogen-bond donors (Lipinski definition) is 2. The van der Waals surface area contributed by atoms with Gasteiger partial charge in [0.2, 0.25) is 0 Å². The average Bonchev–Trinajstić information content (AvgIpc) is 2.59. The zero-order valence-electron chi connectivity index (χ0n) is 15.9. The van der Waals surface area contributed by atoms with Gasteiger partial charge in [-0.2, -0.15) is 0 Å². The average molecular weight is 460 g/mol. The van der Waals surface area contributed by atoms with Gasteiger partial charge in [-0.3, -0.25) is 0 Å². The summed E-state index contributed by atoms with van der Waals surface area (Å²) in [6.45, 7) is 4.34. The summed E-state index contributed by atoms with van der Waals surface area (Å²) in [5.74, 6) is 2.99. The third-order valence-electron chi connectivity index (χ3n) is 3.24. The zero-order chi connectivity index (χ0) is 17.6. The summed E-state index contributed by atoms with van der Waals surface area (Å²) in [6, 6.07) is 15.0. The van der Waals surface area contributed by atoms with Crippen molar-refractivity contribution in [3.8, 4) is 11.5 Å². The second-order valence-electron chi connectivity index (χ2n) is 5.34. The molecule has 6 N–H and O–H groups in total. The Bertz CT molecular complexity index is 534. The van der Waals surface area contributed by atoms with Crippen LogP contribution >= 0.6 is 23.5 Å². The van der Waals surface area contributed by atoms with Crippen LogP contribution in [0.25, 0.3) is 0 Å². The number of thioether (sulfide) groups is 2. The first-order chi connectivity index (χ1) is 11.7. The third kappa shape index (κ3) is 13.9. The monoisotopic (exact) mass is 459 g/mol. The molecular formula is C20H32CoO4S2. The summed E-state index contributed by atoms with van der Waals surface area (Å²) in [5.41, 5.74) is 0. The molecule has 157 valence electrons. The van der Waals surface area contributed by atoms with Gasteiger partial charge in [0.1, 0.15) is 11.5 Å². The van der Waals surface area contributed by atoms with E-state index in [-0.39, 0.29) is 27.7 Å².